The molecule has 2 aromatic carbocycles. The number of rotatable bonds is 3. The van der Waals surface area contributed by atoms with Gasteiger partial charge in [0.25, 0.3) is 0 Å². The second kappa shape index (κ2) is 6.22. The van der Waals surface area contributed by atoms with Gasteiger partial charge < -0.3 is 0 Å². The molecule has 0 unspecified atom stereocenters. The zero-order valence-electron chi connectivity index (χ0n) is 12.5. The first kappa shape index (κ1) is 14.5. The standard InChI is InChI=1S/C18H12ClN5/c19-15-9-5-4-8-13(15)16-10-14-17(22-24-18(14)23-21-16)20-11-12-6-2-1-3-7-12/h1-11H,(H,22,23,24). The lowest BCUT2D eigenvalue weighted by Crippen LogP contribution is -1.89. The van der Waals surface area contributed by atoms with Crippen molar-refractivity contribution in [3.63, 3.8) is 0 Å². The zero-order valence-corrected chi connectivity index (χ0v) is 13.3. The highest BCUT2D eigenvalue weighted by Crippen LogP contribution is 2.29. The summed E-state index contributed by atoms with van der Waals surface area (Å²) in [6.45, 7) is 0. The lowest BCUT2D eigenvalue weighted by Gasteiger charge is -2.02. The molecule has 2 aromatic heterocycles. The molecule has 0 bridgehead atoms. The van der Waals surface area contributed by atoms with Crippen LogP contribution in [0, 0.1) is 0 Å². The Morgan fingerprint density at radius 2 is 1.75 bits per heavy atom. The Morgan fingerprint density at radius 3 is 2.58 bits per heavy atom. The molecule has 0 amide bonds. The zero-order chi connectivity index (χ0) is 16.4. The molecule has 0 spiro atoms. The summed E-state index contributed by atoms with van der Waals surface area (Å²) < 4.78 is 0. The number of hydrogen-bond donors (Lipinski definition) is 1. The van der Waals surface area contributed by atoms with Gasteiger partial charge in [0, 0.05) is 11.8 Å². The fraction of sp³-hybridized carbons (Fsp3) is 0. The summed E-state index contributed by atoms with van der Waals surface area (Å²) in [5.41, 5.74) is 3.10. The second-order valence-electron chi connectivity index (χ2n) is 5.19. The highest BCUT2D eigenvalue weighted by atomic mass is 35.5. The average molecular weight is 334 g/mol. The van der Waals surface area contributed by atoms with Crippen molar-refractivity contribution in [1.82, 2.24) is 20.4 Å². The third-order valence-corrected chi connectivity index (χ3v) is 3.92. The lowest BCUT2D eigenvalue weighted by atomic mass is 10.1. The molecular weight excluding hydrogens is 322 g/mol. The van der Waals surface area contributed by atoms with Crippen LogP contribution in [0.3, 0.4) is 0 Å². The summed E-state index contributed by atoms with van der Waals surface area (Å²) in [6, 6.07) is 19.3. The molecule has 4 aromatic rings. The monoisotopic (exact) mass is 333 g/mol. The van der Waals surface area contributed by atoms with E-state index >= 15 is 0 Å². The first-order valence-corrected chi connectivity index (χ1v) is 7.75. The van der Waals surface area contributed by atoms with Gasteiger partial charge in [-0.15, -0.1) is 10.2 Å². The van der Waals surface area contributed by atoms with Gasteiger partial charge in [0.2, 0.25) is 0 Å². The van der Waals surface area contributed by atoms with Crippen molar-refractivity contribution < 1.29 is 0 Å². The summed E-state index contributed by atoms with van der Waals surface area (Å²) in [5, 5.41) is 16.9. The van der Waals surface area contributed by atoms with E-state index in [1.165, 1.54) is 0 Å². The van der Waals surface area contributed by atoms with Crippen LogP contribution in [0.1, 0.15) is 5.56 Å². The highest BCUT2D eigenvalue weighted by Gasteiger charge is 2.11. The molecule has 2 heterocycles. The number of nitrogens with one attached hydrogen (secondary N) is 1. The Morgan fingerprint density at radius 1 is 0.958 bits per heavy atom. The van der Waals surface area contributed by atoms with Crippen LogP contribution in [-0.2, 0) is 0 Å². The summed E-state index contributed by atoms with van der Waals surface area (Å²) in [4.78, 5) is 4.45. The van der Waals surface area contributed by atoms with Gasteiger partial charge in [-0.2, -0.15) is 5.10 Å². The first-order chi connectivity index (χ1) is 11.8. The third kappa shape index (κ3) is 2.77. The number of hydrogen-bond acceptors (Lipinski definition) is 4. The SMILES string of the molecule is Clc1ccccc1-c1cc2c(N=Cc3ccccc3)n[nH]c2nn1. The minimum absolute atomic E-state index is 0.567. The number of nitrogens with zero attached hydrogens (tertiary/aromatic N) is 4. The largest absolute Gasteiger partial charge is 0.257 e. The van der Waals surface area contributed by atoms with Gasteiger partial charge in [-0.05, 0) is 17.7 Å². The number of aromatic amines is 1. The number of H-pyrrole nitrogens is 1. The minimum atomic E-state index is 0.567. The summed E-state index contributed by atoms with van der Waals surface area (Å²) in [7, 11) is 0. The lowest BCUT2D eigenvalue weighted by molar-refractivity contribution is 1.03. The van der Waals surface area contributed by atoms with Crippen LogP contribution >= 0.6 is 11.6 Å². The molecule has 0 aliphatic rings. The van der Waals surface area contributed by atoms with Crippen molar-refractivity contribution in [1.29, 1.82) is 0 Å². The fourth-order valence-corrected chi connectivity index (χ4v) is 2.62. The van der Waals surface area contributed by atoms with Gasteiger partial charge >= 0.3 is 0 Å². The molecule has 24 heavy (non-hydrogen) atoms. The Labute approximate surface area is 143 Å². The van der Waals surface area contributed by atoms with E-state index in [1.807, 2.05) is 60.7 Å². The summed E-state index contributed by atoms with van der Waals surface area (Å²) >= 11 is 6.24. The van der Waals surface area contributed by atoms with E-state index in [2.05, 4.69) is 25.4 Å². The van der Waals surface area contributed by atoms with Crippen molar-refractivity contribution in [2.75, 3.05) is 0 Å². The maximum Gasteiger partial charge on any atom is 0.183 e. The number of aliphatic imine (C=N–C) groups is 1. The van der Waals surface area contributed by atoms with Gasteiger partial charge in [-0.3, -0.25) is 5.10 Å². The van der Waals surface area contributed by atoms with Crippen molar-refractivity contribution >= 4 is 34.7 Å². The van der Waals surface area contributed by atoms with Gasteiger partial charge in [-0.1, -0.05) is 60.1 Å². The molecule has 0 saturated carbocycles. The van der Waals surface area contributed by atoms with Crippen LogP contribution in [0.2, 0.25) is 5.02 Å². The van der Waals surface area contributed by atoms with Crippen molar-refractivity contribution in [2.24, 2.45) is 4.99 Å². The Hall–Kier alpha value is -3.05. The molecular formula is C18H12ClN5. The van der Waals surface area contributed by atoms with Crippen molar-refractivity contribution in [3.05, 3.63) is 71.2 Å². The second-order valence-corrected chi connectivity index (χ2v) is 5.60. The molecule has 0 saturated heterocycles. The van der Waals surface area contributed by atoms with Crippen LogP contribution in [0.25, 0.3) is 22.3 Å². The van der Waals surface area contributed by atoms with Crippen LogP contribution in [0.15, 0.2) is 65.7 Å². The van der Waals surface area contributed by atoms with E-state index in [4.69, 9.17) is 11.6 Å². The number of halogens is 1. The molecule has 0 radical (unpaired) electrons. The highest BCUT2D eigenvalue weighted by molar-refractivity contribution is 6.33. The average Bonchev–Trinajstić information content (AvgIpc) is 3.03. The Bertz CT molecular complexity index is 1020. The van der Waals surface area contributed by atoms with Gasteiger partial charge in [0.15, 0.2) is 11.5 Å². The van der Waals surface area contributed by atoms with Crippen molar-refractivity contribution in [2.45, 2.75) is 0 Å². The molecule has 5 nitrogen and oxygen atoms in total. The van der Waals surface area contributed by atoms with Crippen molar-refractivity contribution in [3.8, 4) is 11.3 Å². The van der Waals surface area contributed by atoms with E-state index in [0.717, 1.165) is 16.5 Å². The van der Waals surface area contributed by atoms with E-state index in [9.17, 15) is 0 Å². The molecule has 6 heteroatoms. The molecule has 0 aliphatic heterocycles. The molecule has 0 fully saturated rings. The maximum absolute atomic E-state index is 6.24. The smallest absolute Gasteiger partial charge is 0.183 e. The van der Waals surface area contributed by atoms with E-state index in [-0.39, 0.29) is 0 Å². The quantitative estimate of drug-likeness (QED) is 0.564. The van der Waals surface area contributed by atoms with E-state index in [1.54, 1.807) is 6.21 Å². The maximum atomic E-state index is 6.24. The molecule has 0 atom stereocenters. The van der Waals surface area contributed by atoms with Crippen LogP contribution in [-0.4, -0.2) is 26.6 Å². The molecule has 0 aliphatic carbocycles. The van der Waals surface area contributed by atoms with E-state index in [0.29, 0.717) is 22.2 Å². The normalized spacial score (nSPS) is 11.4. The van der Waals surface area contributed by atoms with Gasteiger partial charge in [-0.25, -0.2) is 4.99 Å². The first-order valence-electron chi connectivity index (χ1n) is 7.37. The Kier molecular flexibility index (Phi) is 3.76. The van der Waals surface area contributed by atoms with Gasteiger partial charge in [0.1, 0.15) is 0 Å². The fourth-order valence-electron chi connectivity index (χ4n) is 2.38. The number of aromatic nitrogens is 4. The summed E-state index contributed by atoms with van der Waals surface area (Å²) in [5.74, 6) is 0.567. The molecule has 4 rings (SSSR count). The predicted octanol–water partition coefficient (Wildman–Crippen LogP) is 4.42. The minimum Gasteiger partial charge on any atom is -0.257 e. The predicted molar refractivity (Wildman–Crippen MR) is 95.8 cm³/mol. The third-order valence-electron chi connectivity index (χ3n) is 3.59. The molecule has 1 N–H and O–H groups in total. The van der Waals surface area contributed by atoms with Gasteiger partial charge in [0.05, 0.1) is 16.1 Å². The van der Waals surface area contributed by atoms with Crippen LogP contribution < -0.4 is 0 Å². The summed E-state index contributed by atoms with van der Waals surface area (Å²) in [6.07, 6.45) is 1.77. The van der Waals surface area contributed by atoms with Crippen LogP contribution in [0.4, 0.5) is 5.82 Å². The number of benzene rings is 2. The van der Waals surface area contributed by atoms with Crippen LogP contribution in [0.5, 0.6) is 0 Å². The Balaban J connectivity index is 1.77. The molecule has 116 valence electrons. The topological polar surface area (TPSA) is 66.8 Å². The number of fused-ring (bicyclic) bond motifs is 1. The van der Waals surface area contributed by atoms with E-state index < -0.39 is 0 Å².